The Hall–Kier alpha value is -3.05. The lowest BCUT2D eigenvalue weighted by Crippen LogP contribution is -2.46. The highest BCUT2D eigenvalue weighted by atomic mass is 35.5. The second-order valence-corrected chi connectivity index (χ2v) is 11.4. The van der Waals surface area contributed by atoms with Gasteiger partial charge in [-0.3, -0.25) is 14.4 Å². The third-order valence-electron chi connectivity index (χ3n) is 5.48. The average Bonchev–Trinajstić information content (AvgIpc) is 3.44. The Labute approximate surface area is 212 Å². The largest absolute Gasteiger partial charge is 0.326 e. The monoisotopic (exact) mass is 531 g/mol. The Morgan fingerprint density at radius 2 is 1.89 bits per heavy atom. The molecule has 2 heterocycles. The first-order chi connectivity index (χ1) is 16.7. The highest BCUT2D eigenvalue weighted by molar-refractivity contribution is 7.91. The van der Waals surface area contributed by atoms with Crippen LogP contribution in [0.1, 0.15) is 18.9 Å². The Morgan fingerprint density at radius 3 is 2.51 bits per heavy atom. The van der Waals surface area contributed by atoms with Gasteiger partial charge in [-0.1, -0.05) is 29.8 Å². The molecule has 35 heavy (non-hydrogen) atoms. The molecule has 1 aliphatic rings. The van der Waals surface area contributed by atoms with E-state index in [-0.39, 0.29) is 23.1 Å². The summed E-state index contributed by atoms with van der Waals surface area (Å²) >= 11 is 7.12. The normalized spacial score (nSPS) is 16.2. The van der Waals surface area contributed by atoms with Crippen LogP contribution in [-0.4, -0.2) is 43.0 Å². The summed E-state index contributed by atoms with van der Waals surface area (Å²) in [6.45, 7) is 1.37. The molecular weight excluding hydrogens is 510 g/mol. The number of benzene rings is 2. The molecule has 1 aromatic heterocycles. The second-order valence-electron chi connectivity index (χ2n) is 7.94. The minimum absolute atomic E-state index is 0.000425. The molecule has 1 aliphatic heterocycles. The highest BCUT2D eigenvalue weighted by Gasteiger charge is 2.47. The summed E-state index contributed by atoms with van der Waals surface area (Å²) in [6.07, 6.45) is 0.0426. The van der Waals surface area contributed by atoms with E-state index in [1.54, 1.807) is 41.8 Å². The number of rotatable bonds is 8. The van der Waals surface area contributed by atoms with Crippen molar-refractivity contribution < 1.29 is 22.8 Å². The molecule has 0 bridgehead atoms. The number of hydrogen-bond acceptors (Lipinski definition) is 6. The molecule has 0 aliphatic carbocycles. The number of nitrogens with zero attached hydrogens (tertiary/aromatic N) is 2. The molecular formula is C24H22ClN3O5S2. The molecule has 11 heteroatoms. The summed E-state index contributed by atoms with van der Waals surface area (Å²) in [4.78, 5) is 38.6. The molecule has 4 rings (SSSR count). The average molecular weight is 532 g/mol. The number of carbonyl (C=O) groups is 3. The number of amides is 3. The predicted molar refractivity (Wildman–Crippen MR) is 135 cm³/mol. The van der Waals surface area contributed by atoms with Crippen LogP contribution in [0.2, 0.25) is 5.02 Å². The quantitative estimate of drug-likeness (QED) is 0.444. The minimum atomic E-state index is -4.03. The zero-order valence-corrected chi connectivity index (χ0v) is 21.1. The van der Waals surface area contributed by atoms with E-state index in [2.05, 4.69) is 5.32 Å². The number of imide groups is 1. The fourth-order valence-electron chi connectivity index (χ4n) is 3.91. The van der Waals surface area contributed by atoms with Crippen LogP contribution in [-0.2, 0) is 30.8 Å². The van der Waals surface area contributed by atoms with Gasteiger partial charge in [0.15, 0.2) is 0 Å². The van der Waals surface area contributed by atoms with Gasteiger partial charge < -0.3 is 5.32 Å². The number of halogens is 1. The van der Waals surface area contributed by atoms with E-state index in [1.165, 1.54) is 25.1 Å². The molecule has 1 fully saturated rings. The first kappa shape index (κ1) is 25.1. The van der Waals surface area contributed by atoms with Crippen molar-refractivity contribution in [3.05, 3.63) is 76.6 Å². The Bertz CT molecular complexity index is 1360. The summed E-state index contributed by atoms with van der Waals surface area (Å²) in [5.41, 5.74) is 1.63. The lowest BCUT2D eigenvalue weighted by Gasteiger charge is -2.26. The zero-order chi connectivity index (χ0) is 25.2. The third kappa shape index (κ3) is 5.46. The summed E-state index contributed by atoms with van der Waals surface area (Å²) < 4.78 is 28.2. The maximum absolute atomic E-state index is 13.5. The van der Waals surface area contributed by atoms with E-state index in [9.17, 15) is 22.8 Å². The summed E-state index contributed by atoms with van der Waals surface area (Å²) in [6, 6.07) is 15.2. The van der Waals surface area contributed by atoms with E-state index in [1.807, 2.05) is 6.07 Å². The molecule has 1 atom stereocenters. The summed E-state index contributed by atoms with van der Waals surface area (Å²) in [5, 5.41) is 4.79. The van der Waals surface area contributed by atoms with Gasteiger partial charge in [-0.2, -0.15) is 4.31 Å². The minimum Gasteiger partial charge on any atom is -0.326 e. The van der Waals surface area contributed by atoms with Crippen molar-refractivity contribution in [1.29, 1.82) is 0 Å². The fourth-order valence-corrected chi connectivity index (χ4v) is 6.82. The molecule has 3 amide bonds. The number of carbonyl (C=O) groups excluding carboxylic acids is 3. The van der Waals surface area contributed by atoms with Crippen molar-refractivity contribution in [2.75, 3.05) is 16.8 Å². The van der Waals surface area contributed by atoms with E-state index in [0.717, 1.165) is 26.1 Å². The Balaban J connectivity index is 1.63. The topological polar surface area (TPSA) is 104 Å². The highest BCUT2D eigenvalue weighted by Crippen LogP contribution is 2.31. The third-order valence-corrected chi connectivity index (χ3v) is 9.00. The first-order valence-electron chi connectivity index (χ1n) is 10.7. The van der Waals surface area contributed by atoms with Crippen molar-refractivity contribution in [2.24, 2.45) is 0 Å². The number of anilines is 2. The van der Waals surface area contributed by atoms with Crippen molar-refractivity contribution in [1.82, 2.24) is 4.31 Å². The summed E-state index contributed by atoms with van der Waals surface area (Å²) in [5.74, 6) is -1.37. The van der Waals surface area contributed by atoms with Crippen molar-refractivity contribution in [2.45, 2.75) is 30.0 Å². The number of hydrogen-bond donors (Lipinski definition) is 1. The van der Waals surface area contributed by atoms with Crippen LogP contribution in [0.25, 0.3) is 0 Å². The van der Waals surface area contributed by atoms with Crippen molar-refractivity contribution >= 4 is 62.1 Å². The van der Waals surface area contributed by atoms with Crippen LogP contribution >= 0.6 is 22.9 Å². The molecule has 3 aromatic rings. The van der Waals surface area contributed by atoms with E-state index in [4.69, 9.17) is 11.6 Å². The van der Waals surface area contributed by atoms with Gasteiger partial charge in [0.2, 0.25) is 11.8 Å². The van der Waals surface area contributed by atoms with Crippen LogP contribution in [0.5, 0.6) is 0 Å². The van der Waals surface area contributed by atoms with Gasteiger partial charge in [0.25, 0.3) is 15.9 Å². The zero-order valence-electron chi connectivity index (χ0n) is 18.7. The molecule has 1 saturated heterocycles. The predicted octanol–water partition coefficient (Wildman–Crippen LogP) is 3.93. The molecule has 0 radical (unpaired) electrons. The van der Waals surface area contributed by atoms with Gasteiger partial charge in [0.05, 0.1) is 12.1 Å². The molecule has 1 N–H and O–H groups in total. The Morgan fingerprint density at radius 1 is 1.14 bits per heavy atom. The van der Waals surface area contributed by atoms with Gasteiger partial charge in [-0.25, -0.2) is 13.3 Å². The SMILES string of the molecule is CC(=O)Nc1ccc(N2C(=O)CC(N(CCc3cccc(Cl)c3)S(=O)(=O)c3cccs3)C2=O)cc1. The molecule has 0 saturated carbocycles. The maximum atomic E-state index is 13.5. The van der Waals surface area contributed by atoms with Gasteiger partial charge in [-0.05, 0) is 59.8 Å². The van der Waals surface area contributed by atoms with Crippen LogP contribution in [0.3, 0.4) is 0 Å². The molecule has 0 spiro atoms. The molecule has 1 unspecified atom stereocenters. The van der Waals surface area contributed by atoms with Gasteiger partial charge in [0, 0.05) is 24.2 Å². The smallest absolute Gasteiger partial charge is 0.253 e. The first-order valence-corrected chi connectivity index (χ1v) is 13.4. The van der Waals surface area contributed by atoms with Gasteiger partial charge in [-0.15, -0.1) is 11.3 Å². The van der Waals surface area contributed by atoms with Gasteiger partial charge in [0.1, 0.15) is 10.3 Å². The molecule has 8 nitrogen and oxygen atoms in total. The number of nitrogens with one attached hydrogen (secondary N) is 1. The lowest BCUT2D eigenvalue weighted by atomic mass is 10.1. The second kappa shape index (κ2) is 10.3. The van der Waals surface area contributed by atoms with Crippen LogP contribution in [0.4, 0.5) is 11.4 Å². The maximum Gasteiger partial charge on any atom is 0.253 e. The molecule has 2 aromatic carbocycles. The van der Waals surface area contributed by atoms with E-state index < -0.39 is 27.9 Å². The lowest BCUT2D eigenvalue weighted by molar-refractivity contribution is -0.122. The Kier molecular flexibility index (Phi) is 7.36. The van der Waals surface area contributed by atoms with Crippen molar-refractivity contribution in [3.8, 4) is 0 Å². The van der Waals surface area contributed by atoms with E-state index >= 15 is 0 Å². The summed E-state index contributed by atoms with van der Waals surface area (Å²) in [7, 11) is -4.03. The molecule has 182 valence electrons. The van der Waals surface area contributed by atoms with Gasteiger partial charge >= 0.3 is 0 Å². The van der Waals surface area contributed by atoms with Crippen LogP contribution in [0.15, 0.2) is 70.3 Å². The standard InChI is InChI=1S/C24H22ClN3O5S2/c1-16(29)26-19-7-9-20(10-8-19)28-22(30)15-21(24(28)31)27(35(32,33)23-6-3-13-34-23)12-11-17-4-2-5-18(25)14-17/h2-10,13-14,21H,11-12,15H2,1H3,(H,26,29). The number of thiophene rings is 1. The van der Waals surface area contributed by atoms with Crippen LogP contribution in [0, 0.1) is 0 Å². The fraction of sp³-hybridized carbons (Fsp3) is 0.208. The van der Waals surface area contributed by atoms with Crippen LogP contribution < -0.4 is 10.2 Å². The number of sulfonamides is 1. The van der Waals surface area contributed by atoms with E-state index in [0.29, 0.717) is 22.8 Å². The van der Waals surface area contributed by atoms with Crippen molar-refractivity contribution in [3.63, 3.8) is 0 Å².